The summed E-state index contributed by atoms with van der Waals surface area (Å²) in [5.41, 5.74) is 2.04. The molecule has 9 nitrogen and oxygen atoms in total. The number of carbonyl (C=O) groups excluding carboxylic acids is 1. The van der Waals surface area contributed by atoms with E-state index in [9.17, 15) is 15.0 Å². The molecule has 31 heavy (non-hydrogen) atoms. The maximum atomic E-state index is 12.4. The molecule has 2 saturated heterocycles. The number of rotatable bonds is 8. The molecule has 4 atom stereocenters. The average Bonchev–Trinajstić information content (AvgIpc) is 3.49. The van der Waals surface area contributed by atoms with E-state index >= 15 is 0 Å². The Kier molecular flexibility index (Phi) is 6.96. The Balaban J connectivity index is 1.29. The van der Waals surface area contributed by atoms with Crippen LogP contribution in [0.4, 0.5) is 0 Å². The second-order valence-electron chi connectivity index (χ2n) is 8.58. The van der Waals surface area contributed by atoms with Crippen LogP contribution in [0.3, 0.4) is 0 Å². The predicted molar refractivity (Wildman–Crippen MR) is 113 cm³/mol. The first-order chi connectivity index (χ1) is 15.0. The van der Waals surface area contributed by atoms with Crippen LogP contribution in [0.2, 0.25) is 0 Å². The third-order valence-corrected chi connectivity index (χ3v) is 5.98. The number of ether oxygens (including phenoxy) is 1. The van der Waals surface area contributed by atoms with Gasteiger partial charge in [-0.15, -0.1) is 5.10 Å². The zero-order chi connectivity index (χ0) is 21.8. The summed E-state index contributed by atoms with van der Waals surface area (Å²) in [7, 11) is 2.02. The molecule has 168 valence electrons. The first kappa shape index (κ1) is 21.9. The Bertz CT molecular complexity index is 855. The van der Waals surface area contributed by atoms with Crippen molar-refractivity contribution in [2.45, 2.75) is 63.3 Å². The molecule has 4 rings (SSSR count). The van der Waals surface area contributed by atoms with Gasteiger partial charge in [-0.05, 0) is 25.5 Å². The van der Waals surface area contributed by atoms with Crippen molar-refractivity contribution in [1.82, 2.24) is 24.8 Å². The minimum absolute atomic E-state index is 0.0288. The minimum atomic E-state index is -1.09. The van der Waals surface area contributed by atoms with Crippen LogP contribution in [-0.2, 0) is 29.2 Å². The molecule has 2 N–H and O–H groups in total. The molecule has 2 aromatic rings. The van der Waals surface area contributed by atoms with Gasteiger partial charge in [-0.2, -0.15) is 0 Å². The lowest BCUT2D eigenvalue weighted by Gasteiger charge is -2.19. The van der Waals surface area contributed by atoms with E-state index in [0.29, 0.717) is 6.54 Å². The Morgan fingerprint density at radius 1 is 1.13 bits per heavy atom. The second kappa shape index (κ2) is 9.86. The maximum absolute atomic E-state index is 12.4. The van der Waals surface area contributed by atoms with E-state index in [1.165, 1.54) is 5.56 Å². The summed E-state index contributed by atoms with van der Waals surface area (Å²) < 4.78 is 7.46. The molecule has 3 heterocycles. The molecule has 2 aliphatic rings. The van der Waals surface area contributed by atoms with Crippen LogP contribution in [0.25, 0.3) is 0 Å². The molecule has 0 unspecified atom stereocenters. The molecule has 9 heteroatoms. The fourth-order valence-corrected chi connectivity index (χ4v) is 4.33. The largest absolute Gasteiger partial charge is 0.388 e. The van der Waals surface area contributed by atoms with Crippen molar-refractivity contribution in [2.75, 3.05) is 20.1 Å². The molecular weight excluding hydrogens is 398 g/mol. The number of aliphatic hydroxyl groups is 2. The topological polar surface area (TPSA) is 104 Å². The molecule has 0 saturated carbocycles. The first-order valence-electron chi connectivity index (χ1n) is 10.9. The van der Waals surface area contributed by atoms with E-state index < -0.39 is 24.4 Å². The van der Waals surface area contributed by atoms with E-state index in [0.717, 1.165) is 38.2 Å². The van der Waals surface area contributed by atoms with Gasteiger partial charge in [-0.1, -0.05) is 35.5 Å². The zero-order valence-corrected chi connectivity index (χ0v) is 17.9. The van der Waals surface area contributed by atoms with Gasteiger partial charge < -0.3 is 19.8 Å². The van der Waals surface area contributed by atoms with Crippen molar-refractivity contribution in [3.63, 3.8) is 0 Å². The molecule has 0 spiro atoms. The Morgan fingerprint density at radius 3 is 2.58 bits per heavy atom. The van der Waals surface area contributed by atoms with Gasteiger partial charge in [-0.25, -0.2) is 4.68 Å². The summed E-state index contributed by atoms with van der Waals surface area (Å²) in [6, 6.07) is 10.2. The van der Waals surface area contributed by atoms with Crippen molar-refractivity contribution >= 4 is 5.91 Å². The van der Waals surface area contributed by atoms with Gasteiger partial charge in [0, 0.05) is 32.4 Å². The highest BCUT2D eigenvalue weighted by molar-refractivity contribution is 5.77. The van der Waals surface area contributed by atoms with Crippen LogP contribution in [0.5, 0.6) is 0 Å². The molecule has 1 aromatic heterocycles. The van der Waals surface area contributed by atoms with Gasteiger partial charge in [0.1, 0.15) is 18.3 Å². The molecule has 2 fully saturated rings. The molecule has 0 bridgehead atoms. The SMILES string of the molecule is CN(Cc1ccccc1)Cc1cn(C[C@H]2O[C@@H](CC(=O)N3CCCC3)[C@H](O)[C@@H]2O)nn1. The number of likely N-dealkylation sites (tertiary alicyclic amines) is 1. The second-order valence-corrected chi connectivity index (χ2v) is 8.58. The average molecular weight is 430 g/mol. The van der Waals surface area contributed by atoms with Crippen molar-refractivity contribution < 1.29 is 19.7 Å². The number of nitrogens with zero attached hydrogens (tertiary/aromatic N) is 5. The van der Waals surface area contributed by atoms with E-state index in [4.69, 9.17) is 4.74 Å². The van der Waals surface area contributed by atoms with Crippen LogP contribution in [-0.4, -0.2) is 85.5 Å². The van der Waals surface area contributed by atoms with Gasteiger partial charge in [0.2, 0.25) is 5.91 Å². The lowest BCUT2D eigenvalue weighted by atomic mass is 10.1. The van der Waals surface area contributed by atoms with Gasteiger partial charge in [-0.3, -0.25) is 9.69 Å². The summed E-state index contributed by atoms with van der Waals surface area (Å²) in [4.78, 5) is 16.3. The van der Waals surface area contributed by atoms with E-state index in [2.05, 4.69) is 27.3 Å². The van der Waals surface area contributed by atoms with E-state index in [1.54, 1.807) is 9.58 Å². The highest BCUT2D eigenvalue weighted by Gasteiger charge is 2.44. The number of hydrogen-bond acceptors (Lipinski definition) is 7. The Labute approximate surface area is 182 Å². The standard InChI is InChI=1S/C22H31N5O4/c1-25(12-16-7-3-2-4-8-16)13-17-14-27(24-23-17)15-19-22(30)21(29)18(31-19)11-20(28)26-9-5-6-10-26/h2-4,7-8,14,18-19,21-22,29-30H,5-6,9-13,15H2,1H3/t18-,19+,21-,22+/m0/s1. The summed E-state index contributed by atoms with van der Waals surface area (Å²) in [5, 5.41) is 29.1. The van der Waals surface area contributed by atoms with Crippen LogP contribution in [0.1, 0.15) is 30.5 Å². The Morgan fingerprint density at radius 2 is 1.84 bits per heavy atom. The molecule has 2 aliphatic heterocycles. The quantitative estimate of drug-likeness (QED) is 0.626. The third kappa shape index (κ3) is 5.48. The maximum Gasteiger partial charge on any atom is 0.225 e. The smallest absolute Gasteiger partial charge is 0.225 e. The Hall–Kier alpha value is -2.33. The van der Waals surface area contributed by atoms with Crippen molar-refractivity contribution in [3.05, 3.63) is 47.8 Å². The lowest BCUT2D eigenvalue weighted by Crippen LogP contribution is -2.37. The highest BCUT2D eigenvalue weighted by Crippen LogP contribution is 2.26. The number of carbonyl (C=O) groups is 1. The summed E-state index contributed by atoms with van der Waals surface area (Å²) in [5.74, 6) is -0.0288. The predicted octanol–water partition coefficient (Wildman–Crippen LogP) is 0.412. The summed E-state index contributed by atoms with van der Waals surface area (Å²) in [6.07, 6.45) is 0.451. The number of benzene rings is 1. The minimum Gasteiger partial charge on any atom is -0.388 e. The van der Waals surface area contributed by atoms with Crippen molar-refractivity contribution in [3.8, 4) is 0 Å². The van der Waals surface area contributed by atoms with Crippen LogP contribution < -0.4 is 0 Å². The van der Waals surface area contributed by atoms with Crippen LogP contribution in [0.15, 0.2) is 36.5 Å². The van der Waals surface area contributed by atoms with Gasteiger partial charge in [0.15, 0.2) is 0 Å². The number of aliphatic hydroxyl groups excluding tert-OH is 2. The monoisotopic (exact) mass is 429 g/mol. The highest BCUT2D eigenvalue weighted by atomic mass is 16.5. The molecule has 1 aromatic carbocycles. The molecular formula is C22H31N5O4. The van der Waals surface area contributed by atoms with E-state index in [-0.39, 0.29) is 18.9 Å². The molecule has 1 amide bonds. The summed E-state index contributed by atoms with van der Waals surface area (Å²) >= 11 is 0. The van der Waals surface area contributed by atoms with Gasteiger partial charge in [0.05, 0.1) is 24.8 Å². The van der Waals surface area contributed by atoms with Crippen molar-refractivity contribution in [1.29, 1.82) is 0 Å². The number of amides is 1. The normalized spacial score (nSPS) is 26.1. The number of aromatic nitrogens is 3. The van der Waals surface area contributed by atoms with E-state index in [1.807, 2.05) is 31.4 Å². The first-order valence-corrected chi connectivity index (χ1v) is 10.9. The van der Waals surface area contributed by atoms with Crippen molar-refractivity contribution in [2.24, 2.45) is 0 Å². The molecule has 0 radical (unpaired) electrons. The third-order valence-electron chi connectivity index (χ3n) is 5.98. The fourth-order valence-electron chi connectivity index (χ4n) is 4.33. The molecule has 0 aliphatic carbocycles. The fraction of sp³-hybridized carbons (Fsp3) is 0.591. The van der Waals surface area contributed by atoms with Gasteiger partial charge in [0.25, 0.3) is 0 Å². The lowest BCUT2D eigenvalue weighted by molar-refractivity contribution is -0.134. The zero-order valence-electron chi connectivity index (χ0n) is 17.9. The summed E-state index contributed by atoms with van der Waals surface area (Å²) in [6.45, 7) is 3.22. The van der Waals surface area contributed by atoms with Crippen LogP contribution >= 0.6 is 0 Å². The van der Waals surface area contributed by atoms with Crippen LogP contribution in [0, 0.1) is 0 Å². The van der Waals surface area contributed by atoms with Gasteiger partial charge >= 0.3 is 0 Å². The number of hydrogen-bond donors (Lipinski definition) is 2.